The van der Waals surface area contributed by atoms with Gasteiger partial charge in [-0.05, 0) is 121 Å². The van der Waals surface area contributed by atoms with E-state index in [1.54, 1.807) is 0 Å². The van der Waals surface area contributed by atoms with Crippen LogP contribution >= 0.6 is 0 Å². The summed E-state index contributed by atoms with van der Waals surface area (Å²) in [5.74, 6) is 1.31. The Morgan fingerprint density at radius 1 is 0.760 bits per heavy atom. The predicted molar refractivity (Wildman–Crippen MR) is 214 cm³/mol. The Kier molecular flexibility index (Phi) is 7.99. The van der Waals surface area contributed by atoms with Gasteiger partial charge in [-0.2, -0.15) is 0 Å². The van der Waals surface area contributed by atoms with E-state index in [1.165, 1.54) is 110 Å². The van der Waals surface area contributed by atoms with Crippen LogP contribution in [-0.2, 0) is 25.7 Å². The molecule has 3 atom stereocenters. The quantitative estimate of drug-likeness (QED) is 0.133. The van der Waals surface area contributed by atoms with E-state index in [9.17, 15) is 0 Å². The topological polar surface area (TPSA) is 6.48 Å². The Bertz CT molecular complexity index is 2230. The summed E-state index contributed by atoms with van der Waals surface area (Å²) in [7, 11) is 0. The minimum Gasteiger partial charge on any atom is -0.336 e. The van der Waals surface area contributed by atoms with E-state index in [0.717, 1.165) is 25.8 Å². The Hall–Kier alpha value is -4.82. The molecular formula is C48H48N2. The van der Waals surface area contributed by atoms with E-state index >= 15 is 0 Å². The highest BCUT2D eigenvalue weighted by Crippen LogP contribution is 2.56. The van der Waals surface area contributed by atoms with Crippen molar-refractivity contribution in [2.75, 3.05) is 16.3 Å². The number of nitrogens with zero attached hydrogens (tertiary/aromatic N) is 2. The van der Waals surface area contributed by atoms with Crippen molar-refractivity contribution in [1.82, 2.24) is 0 Å². The van der Waals surface area contributed by atoms with Crippen LogP contribution in [-0.4, -0.2) is 6.54 Å². The molecule has 250 valence electrons. The zero-order valence-corrected chi connectivity index (χ0v) is 29.7. The Balaban J connectivity index is 1.41. The fourth-order valence-corrected chi connectivity index (χ4v) is 9.91. The standard InChI is InChI=1S/C48H48N2/c1-4-5-14-29-49(43-27-16-21-34-18-8-9-23-38(34)43)47-39-24-10-11-25-40(39)48(42-31-36-20-7-6-19-35(36)30-41(42)47)50-44-26-13-12-22-37(44)33(3)46-32(2)17-15-28-45(46)50/h4-5,10-17,21-22,24-28,30-33,46H,1,6-9,18-20,23,29H2,2-3H3/b14-5-. The molecule has 9 rings (SSSR count). The summed E-state index contributed by atoms with van der Waals surface area (Å²) in [6.45, 7) is 9.66. The van der Waals surface area contributed by atoms with Gasteiger partial charge in [-0.25, -0.2) is 0 Å². The lowest BCUT2D eigenvalue weighted by molar-refractivity contribution is 0.398. The first kappa shape index (κ1) is 31.2. The molecule has 0 amide bonds. The lowest BCUT2D eigenvalue weighted by Crippen LogP contribution is -2.36. The third-order valence-electron chi connectivity index (χ3n) is 12.2. The number of anilines is 4. The number of para-hydroxylation sites is 1. The molecule has 0 bridgehead atoms. The molecule has 0 radical (unpaired) electrons. The minimum atomic E-state index is 0.414. The molecule has 2 nitrogen and oxygen atoms in total. The third-order valence-corrected chi connectivity index (χ3v) is 12.2. The highest BCUT2D eigenvalue weighted by atomic mass is 15.2. The van der Waals surface area contributed by atoms with Crippen molar-refractivity contribution < 1.29 is 0 Å². The van der Waals surface area contributed by atoms with Gasteiger partial charge in [0.15, 0.2) is 0 Å². The largest absolute Gasteiger partial charge is 0.336 e. The first-order valence-corrected chi connectivity index (χ1v) is 19.1. The van der Waals surface area contributed by atoms with Crippen LogP contribution in [0, 0.1) is 11.8 Å². The van der Waals surface area contributed by atoms with Crippen molar-refractivity contribution in [3.05, 3.63) is 155 Å². The second kappa shape index (κ2) is 12.8. The van der Waals surface area contributed by atoms with Gasteiger partial charge in [0.25, 0.3) is 0 Å². The first-order chi connectivity index (χ1) is 24.6. The molecule has 4 aliphatic rings. The molecule has 50 heavy (non-hydrogen) atoms. The third kappa shape index (κ3) is 4.98. The average molecular weight is 653 g/mol. The second-order valence-corrected chi connectivity index (χ2v) is 15.1. The zero-order chi connectivity index (χ0) is 33.8. The van der Waals surface area contributed by atoms with Gasteiger partial charge < -0.3 is 9.80 Å². The average Bonchev–Trinajstić information content (AvgIpc) is 3.16. The fourth-order valence-electron chi connectivity index (χ4n) is 9.91. The van der Waals surface area contributed by atoms with Crippen LogP contribution in [0.1, 0.15) is 73.3 Å². The van der Waals surface area contributed by atoms with Crippen molar-refractivity contribution in [3.8, 4) is 0 Å². The van der Waals surface area contributed by atoms with E-state index in [4.69, 9.17) is 0 Å². The maximum atomic E-state index is 4.03. The molecule has 5 aromatic rings. The molecule has 3 aliphatic carbocycles. The molecule has 0 saturated carbocycles. The van der Waals surface area contributed by atoms with Gasteiger partial charge in [0.1, 0.15) is 0 Å². The number of hydrogen-bond acceptors (Lipinski definition) is 2. The molecular weight excluding hydrogens is 605 g/mol. The second-order valence-electron chi connectivity index (χ2n) is 15.1. The van der Waals surface area contributed by atoms with Crippen LogP contribution in [0.15, 0.2) is 128 Å². The number of rotatable bonds is 6. The highest BCUT2D eigenvalue weighted by molar-refractivity contribution is 6.22. The van der Waals surface area contributed by atoms with Gasteiger partial charge in [0.2, 0.25) is 0 Å². The summed E-state index contributed by atoms with van der Waals surface area (Å²) in [6.07, 6.45) is 23.1. The number of hydrogen-bond donors (Lipinski definition) is 0. The fraction of sp³-hybridized carbons (Fsp3) is 0.292. The van der Waals surface area contributed by atoms with Gasteiger partial charge in [-0.3, -0.25) is 0 Å². The summed E-state index contributed by atoms with van der Waals surface area (Å²) < 4.78 is 0. The summed E-state index contributed by atoms with van der Waals surface area (Å²) in [6, 6.07) is 30.7. The summed E-state index contributed by atoms with van der Waals surface area (Å²) in [5.41, 5.74) is 14.3. The van der Waals surface area contributed by atoms with E-state index in [0.29, 0.717) is 17.8 Å². The molecule has 0 fully saturated rings. The molecule has 5 aromatic carbocycles. The number of aryl methyl sites for hydroxylation is 3. The van der Waals surface area contributed by atoms with Crippen molar-refractivity contribution in [3.63, 3.8) is 0 Å². The summed E-state index contributed by atoms with van der Waals surface area (Å²) in [5, 5.41) is 5.37. The molecule has 1 aliphatic heterocycles. The van der Waals surface area contributed by atoms with E-state index in [-0.39, 0.29) is 0 Å². The van der Waals surface area contributed by atoms with Crippen LogP contribution in [0.3, 0.4) is 0 Å². The maximum Gasteiger partial charge on any atom is 0.0617 e. The SMILES string of the molecule is C=C/C=C\CN(c1cccc2c1CCCC2)c1c2ccccc2c(N2C3=CC=CC(C)C3C(C)c3ccccc32)c2cc3c(cc12)CCCC3. The normalized spacial score (nSPS) is 21.0. The number of fused-ring (bicyclic) bond motifs is 6. The summed E-state index contributed by atoms with van der Waals surface area (Å²) in [4.78, 5) is 5.32. The number of allylic oxidation sites excluding steroid dienone is 6. The van der Waals surface area contributed by atoms with Crippen LogP contribution in [0.5, 0.6) is 0 Å². The van der Waals surface area contributed by atoms with Crippen LogP contribution in [0.25, 0.3) is 21.5 Å². The van der Waals surface area contributed by atoms with Crippen molar-refractivity contribution in [2.45, 2.75) is 71.1 Å². The zero-order valence-electron chi connectivity index (χ0n) is 29.7. The van der Waals surface area contributed by atoms with Gasteiger partial charge >= 0.3 is 0 Å². The van der Waals surface area contributed by atoms with Crippen LogP contribution in [0.4, 0.5) is 22.7 Å². The highest BCUT2D eigenvalue weighted by Gasteiger charge is 2.40. The monoisotopic (exact) mass is 652 g/mol. The number of benzene rings is 5. The lowest BCUT2D eigenvalue weighted by Gasteiger charge is -2.46. The maximum absolute atomic E-state index is 4.03. The smallest absolute Gasteiger partial charge is 0.0617 e. The van der Waals surface area contributed by atoms with Gasteiger partial charge in [-0.1, -0.05) is 105 Å². The Morgan fingerprint density at radius 3 is 2.30 bits per heavy atom. The minimum absolute atomic E-state index is 0.414. The van der Waals surface area contributed by atoms with Gasteiger partial charge in [0, 0.05) is 51.1 Å². The van der Waals surface area contributed by atoms with Crippen molar-refractivity contribution >= 4 is 44.3 Å². The molecule has 0 aromatic heterocycles. The lowest BCUT2D eigenvalue weighted by atomic mass is 9.71. The predicted octanol–water partition coefficient (Wildman–Crippen LogP) is 12.6. The molecule has 0 N–H and O–H groups in total. The Labute approximate surface area is 298 Å². The van der Waals surface area contributed by atoms with E-state index < -0.39 is 0 Å². The Morgan fingerprint density at radius 2 is 1.48 bits per heavy atom. The first-order valence-electron chi connectivity index (χ1n) is 19.1. The van der Waals surface area contributed by atoms with Crippen molar-refractivity contribution in [1.29, 1.82) is 0 Å². The molecule has 0 saturated heterocycles. The van der Waals surface area contributed by atoms with Gasteiger partial charge in [0.05, 0.1) is 11.4 Å². The molecule has 0 spiro atoms. The van der Waals surface area contributed by atoms with Crippen molar-refractivity contribution in [2.24, 2.45) is 11.8 Å². The molecule has 1 heterocycles. The van der Waals surface area contributed by atoms with Crippen LogP contribution < -0.4 is 9.80 Å². The van der Waals surface area contributed by atoms with E-state index in [1.807, 2.05) is 6.08 Å². The van der Waals surface area contributed by atoms with Crippen LogP contribution in [0.2, 0.25) is 0 Å². The summed E-state index contributed by atoms with van der Waals surface area (Å²) >= 11 is 0. The van der Waals surface area contributed by atoms with E-state index in [2.05, 4.69) is 139 Å². The molecule has 2 heteroatoms. The van der Waals surface area contributed by atoms with Gasteiger partial charge in [-0.15, -0.1) is 0 Å². The molecule has 3 unspecified atom stereocenters.